The first-order chi connectivity index (χ1) is 12.2. The van der Waals surface area contributed by atoms with Crippen LogP contribution in [0.1, 0.15) is 29.6 Å². The van der Waals surface area contributed by atoms with Crippen molar-refractivity contribution in [3.63, 3.8) is 0 Å². The molecule has 2 fully saturated rings. The van der Waals surface area contributed by atoms with E-state index in [4.69, 9.17) is 9.72 Å². The average molecular weight is 341 g/mol. The van der Waals surface area contributed by atoms with Gasteiger partial charge in [0.25, 0.3) is 5.91 Å². The fraction of sp³-hybridized carbons (Fsp3) is 0.474. The monoisotopic (exact) mass is 341 g/mol. The number of rotatable bonds is 5. The lowest BCUT2D eigenvalue weighted by atomic mass is 10.1. The van der Waals surface area contributed by atoms with Gasteiger partial charge in [0.2, 0.25) is 0 Å². The van der Waals surface area contributed by atoms with Crippen LogP contribution in [0.15, 0.2) is 30.3 Å². The van der Waals surface area contributed by atoms with Crippen molar-refractivity contribution < 1.29 is 14.6 Å². The number of aromatic nitrogens is 1. The third-order valence-corrected chi connectivity index (χ3v) is 5.07. The lowest BCUT2D eigenvalue weighted by Crippen LogP contribution is -2.33. The van der Waals surface area contributed by atoms with Crippen molar-refractivity contribution in [2.75, 3.05) is 25.2 Å². The van der Waals surface area contributed by atoms with Gasteiger partial charge in [-0.05, 0) is 31.4 Å². The first-order valence-electron chi connectivity index (χ1n) is 8.80. The summed E-state index contributed by atoms with van der Waals surface area (Å²) in [4.78, 5) is 19.5. The van der Waals surface area contributed by atoms with Gasteiger partial charge < -0.3 is 20.1 Å². The van der Waals surface area contributed by atoms with E-state index in [1.54, 1.807) is 7.11 Å². The van der Waals surface area contributed by atoms with E-state index in [0.29, 0.717) is 18.2 Å². The molecular formula is C19H23N3O3. The number of para-hydroxylation sites is 1. The number of fused-ring (bicyclic) bond motifs is 1. The molecule has 6 nitrogen and oxygen atoms in total. The predicted octanol–water partition coefficient (Wildman–Crippen LogP) is 1.71. The van der Waals surface area contributed by atoms with E-state index in [1.807, 2.05) is 30.3 Å². The third-order valence-electron chi connectivity index (χ3n) is 5.07. The van der Waals surface area contributed by atoms with Crippen LogP contribution in [-0.4, -0.2) is 54.4 Å². The Bertz CT molecular complexity index is 791. The van der Waals surface area contributed by atoms with Crippen molar-refractivity contribution in [2.24, 2.45) is 0 Å². The van der Waals surface area contributed by atoms with Crippen molar-refractivity contribution in [3.8, 4) is 0 Å². The largest absolute Gasteiger partial charge is 0.394 e. The van der Waals surface area contributed by atoms with Crippen LogP contribution >= 0.6 is 0 Å². The van der Waals surface area contributed by atoms with Crippen molar-refractivity contribution in [2.45, 2.75) is 37.5 Å². The molecule has 4 rings (SSSR count). The molecule has 1 saturated carbocycles. The standard InChI is InChI=1S/C19H23N3O3/c1-25-14-8-13(11-23)22(10-14)18-9-16(19(24)20-12-6-7-12)15-4-2-3-5-17(15)21-18/h2-5,9,12-14,23H,6-8,10-11H2,1H3,(H,20,24)/t13-,14-/m0/s1. The number of hydrogen-bond donors (Lipinski definition) is 2. The molecular weight excluding hydrogens is 318 g/mol. The zero-order valence-electron chi connectivity index (χ0n) is 14.3. The minimum atomic E-state index is -0.0506. The minimum absolute atomic E-state index is 0.0397. The Morgan fingerprint density at radius 1 is 1.40 bits per heavy atom. The maximum atomic E-state index is 12.7. The van der Waals surface area contributed by atoms with E-state index in [9.17, 15) is 9.90 Å². The Morgan fingerprint density at radius 3 is 2.92 bits per heavy atom. The number of benzene rings is 1. The van der Waals surface area contributed by atoms with Gasteiger partial charge in [0.05, 0.1) is 29.8 Å². The minimum Gasteiger partial charge on any atom is -0.394 e. The maximum Gasteiger partial charge on any atom is 0.252 e. The second kappa shape index (κ2) is 6.61. The number of pyridine rings is 1. The van der Waals surface area contributed by atoms with Crippen LogP contribution in [0.3, 0.4) is 0 Å². The first kappa shape index (κ1) is 16.3. The average Bonchev–Trinajstić information content (AvgIpc) is 3.35. The quantitative estimate of drug-likeness (QED) is 0.866. The van der Waals surface area contributed by atoms with Crippen LogP contribution in [0.4, 0.5) is 5.82 Å². The second-order valence-corrected chi connectivity index (χ2v) is 6.88. The summed E-state index contributed by atoms with van der Waals surface area (Å²) in [6.45, 7) is 0.703. The zero-order chi connectivity index (χ0) is 17.4. The summed E-state index contributed by atoms with van der Waals surface area (Å²) >= 11 is 0. The topological polar surface area (TPSA) is 74.7 Å². The number of anilines is 1. The number of aliphatic hydroxyl groups excluding tert-OH is 1. The summed E-state index contributed by atoms with van der Waals surface area (Å²) in [5, 5.41) is 13.6. The Labute approximate surface area is 146 Å². The molecule has 2 aromatic rings. The van der Waals surface area contributed by atoms with Gasteiger partial charge in [0.1, 0.15) is 5.82 Å². The summed E-state index contributed by atoms with van der Waals surface area (Å²) in [5.41, 5.74) is 1.43. The van der Waals surface area contributed by atoms with Gasteiger partial charge in [-0.1, -0.05) is 18.2 Å². The lowest BCUT2D eigenvalue weighted by Gasteiger charge is -2.25. The molecule has 2 N–H and O–H groups in total. The Hall–Kier alpha value is -2.18. The molecule has 0 unspecified atom stereocenters. The SMILES string of the molecule is CO[C@H]1C[C@@H](CO)N(c2cc(C(=O)NC3CC3)c3ccccc3n2)C1. The molecule has 1 aromatic heterocycles. The molecule has 0 radical (unpaired) electrons. The van der Waals surface area contributed by atoms with Crippen LogP contribution in [0.2, 0.25) is 0 Å². The van der Waals surface area contributed by atoms with Crippen molar-refractivity contribution >= 4 is 22.6 Å². The highest BCUT2D eigenvalue weighted by Gasteiger charge is 2.33. The van der Waals surface area contributed by atoms with Crippen LogP contribution in [0.25, 0.3) is 10.9 Å². The van der Waals surface area contributed by atoms with E-state index >= 15 is 0 Å². The number of carbonyl (C=O) groups excluding carboxylic acids is 1. The molecule has 0 spiro atoms. The van der Waals surface area contributed by atoms with Crippen LogP contribution in [-0.2, 0) is 4.74 Å². The normalized spacial score (nSPS) is 23.2. The van der Waals surface area contributed by atoms with Crippen molar-refractivity contribution in [1.29, 1.82) is 0 Å². The van der Waals surface area contributed by atoms with Gasteiger partial charge in [0, 0.05) is 25.1 Å². The molecule has 0 bridgehead atoms. The fourth-order valence-electron chi connectivity index (χ4n) is 3.49. The molecule has 1 aliphatic heterocycles. The molecule has 1 aliphatic carbocycles. The molecule has 132 valence electrons. The molecule has 2 atom stereocenters. The second-order valence-electron chi connectivity index (χ2n) is 6.88. The highest BCUT2D eigenvalue weighted by Crippen LogP contribution is 2.30. The molecule has 1 aromatic carbocycles. The number of nitrogens with zero attached hydrogens (tertiary/aromatic N) is 2. The number of amides is 1. The first-order valence-corrected chi connectivity index (χ1v) is 8.80. The van der Waals surface area contributed by atoms with Crippen LogP contribution < -0.4 is 10.2 Å². The third kappa shape index (κ3) is 3.19. The summed E-state index contributed by atoms with van der Waals surface area (Å²) in [6.07, 6.45) is 2.92. The van der Waals surface area contributed by atoms with Crippen molar-refractivity contribution in [1.82, 2.24) is 10.3 Å². The summed E-state index contributed by atoms with van der Waals surface area (Å²) in [6, 6.07) is 9.80. The van der Waals surface area contributed by atoms with E-state index in [0.717, 1.165) is 36.0 Å². The highest BCUT2D eigenvalue weighted by molar-refractivity contribution is 6.07. The van der Waals surface area contributed by atoms with E-state index in [-0.39, 0.29) is 24.7 Å². The van der Waals surface area contributed by atoms with E-state index in [2.05, 4.69) is 10.2 Å². The molecule has 6 heteroatoms. The lowest BCUT2D eigenvalue weighted by molar-refractivity contribution is 0.0952. The van der Waals surface area contributed by atoms with Gasteiger partial charge in [-0.3, -0.25) is 4.79 Å². The molecule has 1 saturated heterocycles. The van der Waals surface area contributed by atoms with Crippen LogP contribution in [0.5, 0.6) is 0 Å². The smallest absolute Gasteiger partial charge is 0.252 e. The molecule has 1 amide bonds. The summed E-state index contributed by atoms with van der Waals surface area (Å²) < 4.78 is 5.46. The Kier molecular flexibility index (Phi) is 4.31. The van der Waals surface area contributed by atoms with Crippen molar-refractivity contribution in [3.05, 3.63) is 35.9 Å². The number of ether oxygens (including phenoxy) is 1. The van der Waals surface area contributed by atoms with Gasteiger partial charge >= 0.3 is 0 Å². The number of carbonyl (C=O) groups is 1. The number of hydrogen-bond acceptors (Lipinski definition) is 5. The van der Waals surface area contributed by atoms with Crippen LogP contribution in [0, 0.1) is 0 Å². The van der Waals surface area contributed by atoms with E-state index < -0.39 is 0 Å². The summed E-state index contributed by atoms with van der Waals surface area (Å²) in [7, 11) is 1.69. The highest BCUT2D eigenvalue weighted by atomic mass is 16.5. The van der Waals surface area contributed by atoms with Gasteiger partial charge in [-0.2, -0.15) is 0 Å². The molecule has 2 aliphatic rings. The molecule has 25 heavy (non-hydrogen) atoms. The van der Waals surface area contributed by atoms with Gasteiger partial charge in [0.15, 0.2) is 0 Å². The zero-order valence-corrected chi connectivity index (χ0v) is 14.3. The van der Waals surface area contributed by atoms with E-state index in [1.165, 1.54) is 0 Å². The van der Waals surface area contributed by atoms with Gasteiger partial charge in [-0.25, -0.2) is 4.98 Å². The number of nitrogens with one attached hydrogen (secondary N) is 1. The Morgan fingerprint density at radius 2 is 2.20 bits per heavy atom. The summed E-state index contributed by atoms with van der Waals surface area (Å²) in [5.74, 6) is 0.670. The fourth-order valence-corrected chi connectivity index (χ4v) is 3.49. The molecule has 2 heterocycles. The van der Waals surface area contributed by atoms with Gasteiger partial charge in [-0.15, -0.1) is 0 Å². The number of methoxy groups -OCH3 is 1. The number of aliphatic hydroxyl groups is 1. The maximum absolute atomic E-state index is 12.7. The Balaban J connectivity index is 1.75. The predicted molar refractivity (Wildman–Crippen MR) is 95.9 cm³/mol.